The molecule has 0 aliphatic rings. The monoisotopic (exact) mass is 228 g/mol. The number of hydrogen-bond donors (Lipinski definition) is 0. The summed E-state index contributed by atoms with van der Waals surface area (Å²) in [6, 6.07) is 14.2. The number of benzene rings is 2. The van der Waals surface area contributed by atoms with E-state index in [-0.39, 0.29) is 0 Å². The van der Waals surface area contributed by atoms with Gasteiger partial charge >= 0.3 is 0 Å². The van der Waals surface area contributed by atoms with Gasteiger partial charge in [0.2, 0.25) is 0 Å². The third kappa shape index (κ3) is 2.41. The van der Waals surface area contributed by atoms with E-state index in [1.54, 1.807) is 14.2 Å². The van der Waals surface area contributed by atoms with Crippen molar-refractivity contribution < 1.29 is 9.47 Å². The fourth-order valence-electron chi connectivity index (χ4n) is 1.86. The maximum Gasteiger partial charge on any atom is 0.119 e. The minimum atomic E-state index is 0.875. The first-order valence-corrected chi connectivity index (χ1v) is 5.53. The first kappa shape index (κ1) is 11.5. The molecule has 0 spiro atoms. The Hall–Kier alpha value is -1.96. The van der Waals surface area contributed by atoms with Crippen LogP contribution >= 0.6 is 0 Å². The third-order valence-corrected chi connectivity index (χ3v) is 2.83. The lowest BCUT2D eigenvalue weighted by Gasteiger charge is -2.09. The van der Waals surface area contributed by atoms with Gasteiger partial charge < -0.3 is 9.47 Å². The van der Waals surface area contributed by atoms with Crippen molar-refractivity contribution in [2.75, 3.05) is 14.2 Å². The van der Waals surface area contributed by atoms with Gasteiger partial charge in [-0.05, 0) is 47.9 Å². The van der Waals surface area contributed by atoms with Crippen LogP contribution in [0.1, 0.15) is 5.56 Å². The van der Waals surface area contributed by atoms with Crippen LogP contribution < -0.4 is 9.47 Å². The standard InChI is InChI=1S/C15H16O2/c1-11-10-14(17-3)8-9-15(11)12-4-6-13(16-2)7-5-12/h4-10H,1-3H3. The van der Waals surface area contributed by atoms with E-state index in [1.807, 2.05) is 24.3 Å². The molecule has 2 rings (SSSR count). The van der Waals surface area contributed by atoms with E-state index < -0.39 is 0 Å². The van der Waals surface area contributed by atoms with Crippen LogP contribution in [0, 0.1) is 6.92 Å². The van der Waals surface area contributed by atoms with Gasteiger partial charge in [0, 0.05) is 0 Å². The summed E-state index contributed by atoms with van der Waals surface area (Å²) in [6.45, 7) is 2.09. The second-order valence-electron chi connectivity index (χ2n) is 3.91. The summed E-state index contributed by atoms with van der Waals surface area (Å²) in [5.41, 5.74) is 3.61. The summed E-state index contributed by atoms with van der Waals surface area (Å²) in [5, 5.41) is 0. The Morgan fingerprint density at radius 3 is 1.88 bits per heavy atom. The molecule has 0 N–H and O–H groups in total. The van der Waals surface area contributed by atoms with Gasteiger partial charge in [0.15, 0.2) is 0 Å². The largest absolute Gasteiger partial charge is 0.497 e. The number of rotatable bonds is 3. The van der Waals surface area contributed by atoms with Crippen molar-refractivity contribution in [3.8, 4) is 22.6 Å². The van der Waals surface area contributed by atoms with Crippen molar-refractivity contribution in [3.05, 3.63) is 48.0 Å². The predicted molar refractivity (Wildman–Crippen MR) is 69.7 cm³/mol. The minimum absolute atomic E-state index is 0.875. The topological polar surface area (TPSA) is 18.5 Å². The smallest absolute Gasteiger partial charge is 0.119 e. The van der Waals surface area contributed by atoms with E-state index in [1.165, 1.54) is 16.7 Å². The lowest BCUT2D eigenvalue weighted by atomic mass is 10.0. The number of methoxy groups -OCH3 is 2. The lowest BCUT2D eigenvalue weighted by Crippen LogP contribution is -1.88. The number of aryl methyl sites for hydroxylation is 1. The van der Waals surface area contributed by atoms with Crippen molar-refractivity contribution in [1.82, 2.24) is 0 Å². The lowest BCUT2D eigenvalue weighted by molar-refractivity contribution is 0.414. The van der Waals surface area contributed by atoms with Crippen molar-refractivity contribution in [1.29, 1.82) is 0 Å². The Kier molecular flexibility index (Phi) is 3.33. The van der Waals surface area contributed by atoms with Gasteiger partial charge in [0.1, 0.15) is 11.5 Å². The van der Waals surface area contributed by atoms with Crippen LogP contribution in [-0.2, 0) is 0 Å². The molecule has 0 radical (unpaired) electrons. The molecular formula is C15H16O2. The average Bonchev–Trinajstić information content (AvgIpc) is 2.39. The zero-order valence-corrected chi connectivity index (χ0v) is 10.4. The fourth-order valence-corrected chi connectivity index (χ4v) is 1.86. The predicted octanol–water partition coefficient (Wildman–Crippen LogP) is 3.68. The van der Waals surface area contributed by atoms with Crippen molar-refractivity contribution >= 4 is 0 Å². The van der Waals surface area contributed by atoms with E-state index in [9.17, 15) is 0 Å². The Morgan fingerprint density at radius 2 is 1.35 bits per heavy atom. The van der Waals surface area contributed by atoms with Crippen molar-refractivity contribution in [2.45, 2.75) is 6.92 Å². The highest BCUT2D eigenvalue weighted by molar-refractivity contribution is 5.68. The molecule has 2 heteroatoms. The van der Waals surface area contributed by atoms with Gasteiger partial charge in [0.05, 0.1) is 14.2 Å². The molecule has 2 aromatic rings. The molecule has 17 heavy (non-hydrogen) atoms. The summed E-state index contributed by atoms with van der Waals surface area (Å²) in [5.74, 6) is 1.76. The molecule has 0 aromatic heterocycles. The zero-order chi connectivity index (χ0) is 12.3. The molecular weight excluding hydrogens is 212 g/mol. The van der Waals surface area contributed by atoms with Crippen molar-refractivity contribution in [3.63, 3.8) is 0 Å². The molecule has 2 nitrogen and oxygen atoms in total. The van der Waals surface area contributed by atoms with E-state index in [0.29, 0.717) is 0 Å². The Balaban J connectivity index is 2.38. The summed E-state index contributed by atoms with van der Waals surface area (Å²) in [6.07, 6.45) is 0. The maximum absolute atomic E-state index is 5.20. The van der Waals surface area contributed by atoms with Gasteiger partial charge in [-0.2, -0.15) is 0 Å². The highest BCUT2D eigenvalue weighted by atomic mass is 16.5. The van der Waals surface area contributed by atoms with Gasteiger partial charge in [-0.1, -0.05) is 18.2 Å². The molecule has 0 aliphatic heterocycles. The first-order chi connectivity index (χ1) is 8.24. The molecule has 0 heterocycles. The highest BCUT2D eigenvalue weighted by Gasteiger charge is 2.03. The summed E-state index contributed by atoms with van der Waals surface area (Å²) < 4.78 is 10.4. The molecule has 0 saturated carbocycles. The summed E-state index contributed by atoms with van der Waals surface area (Å²) in [4.78, 5) is 0. The van der Waals surface area contributed by atoms with E-state index in [2.05, 4.69) is 25.1 Å². The Bertz CT molecular complexity index is 501. The van der Waals surface area contributed by atoms with E-state index in [4.69, 9.17) is 9.47 Å². The summed E-state index contributed by atoms with van der Waals surface area (Å²) >= 11 is 0. The van der Waals surface area contributed by atoms with Crippen molar-refractivity contribution in [2.24, 2.45) is 0 Å². The van der Waals surface area contributed by atoms with Crippen LogP contribution in [0.5, 0.6) is 11.5 Å². The average molecular weight is 228 g/mol. The fraction of sp³-hybridized carbons (Fsp3) is 0.200. The van der Waals surface area contributed by atoms with Gasteiger partial charge in [0.25, 0.3) is 0 Å². The molecule has 0 saturated heterocycles. The third-order valence-electron chi connectivity index (χ3n) is 2.83. The zero-order valence-electron chi connectivity index (χ0n) is 10.4. The molecule has 0 unspecified atom stereocenters. The van der Waals surface area contributed by atoms with Gasteiger partial charge in [-0.25, -0.2) is 0 Å². The van der Waals surface area contributed by atoms with Crippen LogP contribution in [0.3, 0.4) is 0 Å². The molecule has 2 aromatic carbocycles. The minimum Gasteiger partial charge on any atom is -0.497 e. The van der Waals surface area contributed by atoms with Gasteiger partial charge in [-0.3, -0.25) is 0 Å². The normalized spacial score (nSPS) is 10.1. The molecule has 0 bridgehead atoms. The Labute approximate surface area is 102 Å². The first-order valence-electron chi connectivity index (χ1n) is 5.53. The van der Waals surface area contributed by atoms with Crippen LogP contribution in [0.2, 0.25) is 0 Å². The van der Waals surface area contributed by atoms with Crippen LogP contribution in [-0.4, -0.2) is 14.2 Å². The van der Waals surface area contributed by atoms with E-state index >= 15 is 0 Å². The SMILES string of the molecule is COc1ccc(-c2ccc(OC)cc2C)cc1. The second kappa shape index (κ2) is 4.91. The maximum atomic E-state index is 5.20. The van der Waals surface area contributed by atoms with Crippen LogP contribution in [0.4, 0.5) is 0 Å². The van der Waals surface area contributed by atoms with Crippen LogP contribution in [0.25, 0.3) is 11.1 Å². The quantitative estimate of drug-likeness (QED) is 0.797. The molecule has 88 valence electrons. The molecule has 0 amide bonds. The molecule has 0 fully saturated rings. The number of ether oxygens (including phenoxy) is 2. The van der Waals surface area contributed by atoms with E-state index in [0.717, 1.165) is 11.5 Å². The molecule has 0 atom stereocenters. The van der Waals surface area contributed by atoms with Gasteiger partial charge in [-0.15, -0.1) is 0 Å². The number of hydrogen-bond acceptors (Lipinski definition) is 2. The molecule has 0 aliphatic carbocycles. The Morgan fingerprint density at radius 1 is 0.765 bits per heavy atom. The summed E-state index contributed by atoms with van der Waals surface area (Å²) in [7, 11) is 3.36. The van der Waals surface area contributed by atoms with Crippen LogP contribution in [0.15, 0.2) is 42.5 Å². The highest BCUT2D eigenvalue weighted by Crippen LogP contribution is 2.28. The second-order valence-corrected chi connectivity index (χ2v) is 3.91.